The predicted molar refractivity (Wildman–Crippen MR) is 169 cm³/mol. The molecule has 0 heterocycles. The smallest absolute Gasteiger partial charge is 0.303 e. The van der Waals surface area contributed by atoms with E-state index in [4.69, 9.17) is 9.47 Å². The van der Waals surface area contributed by atoms with E-state index in [1.54, 1.807) is 6.92 Å². The van der Waals surface area contributed by atoms with Gasteiger partial charge in [-0.3, -0.25) is 4.79 Å². The maximum Gasteiger partial charge on any atom is 0.303 e. The van der Waals surface area contributed by atoms with Crippen LogP contribution in [-0.2, 0) is 25.8 Å². The third-order valence-corrected chi connectivity index (χ3v) is 9.15. The third kappa shape index (κ3) is 13.7. The number of sulfone groups is 1. The fourth-order valence-corrected chi connectivity index (χ4v) is 5.76. The van der Waals surface area contributed by atoms with Gasteiger partial charge in [0.25, 0.3) is 0 Å². The number of carbonyl (C=O) groups is 1. The summed E-state index contributed by atoms with van der Waals surface area (Å²) in [4.78, 5) is 11.2. The first-order valence-corrected chi connectivity index (χ1v) is 16.9. The van der Waals surface area contributed by atoms with E-state index in [-0.39, 0.29) is 35.9 Å². The molecule has 1 aromatic carbocycles. The number of aliphatic carboxylic acids is 1. The van der Waals surface area contributed by atoms with Crippen LogP contribution in [-0.4, -0.2) is 50.3 Å². The molecular weight excluding hydrogens is 536 g/mol. The van der Waals surface area contributed by atoms with E-state index in [0.717, 1.165) is 43.4 Å². The summed E-state index contributed by atoms with van der Waals surface area (Å²) in [5.41, 5.74) is 3.52. The van der Waals surface area contributed by atoms with Crippen LogP contribution in [0.4, 0.5) is 0 Å². The Morgan fingerprint density at radius 2 is 1.93 bits per heavy atom. The molecule has 0 aliphatic heterocycles. The predicted octanol–water partition coefficient (Wildman–Crippen LogP) is 7.60. The highest BCUT2D eigenvalue weighted by atomic mass is 32.2. The maximum atomic E-state index is 11.7. The number of unbranched alkanes of at least 4 members (excludes halogenated alkanes) is 2. The molecule has 0 saturated carbocycles. The number of rotatable bonds is 20. The van der Waals surface area contributed by atoms with E-state index in [0.29, 0.717) is 26.1 Å². The van der Waals surface area contributed by atoms with E-state index in [9.17, 15) is 18.3 Å². The van der Waals surface area contributed by atoms with Crippen LogP contribution in [0.5, 0.6) is 5.75 Å². The molecule has 1 N–H and O–H groups in total. The topological polar surface area (TPSA) is 89.9 Å². The number of benzene rings is 1. The van der Waals surface area contributed by atoms with Gasteiger partial charge in [0.15, 0.2) is 0 Å². The van der Waals surface area contributed by atoms with Crippen molar-refractivity contribution in [3.05, 3.63) is 71.4 Å². The zero-order valence-electron chi connectivity index (χ0n) is 25.4. The summed E-state index contributed by atoms with van der Waals surface area (Å²) in [6, 6.07) is 6.19. The first-order valence-electron chi connectivity index (χ1n) is 15.1. The number of allylic oxidation sites excluding steroid dienone is 4. The fraction of sp³-hybridized carbons (Fsp3) is 0.559. The van der Waals surface area contributed by atoms with Gasteiger partial charge in [0.05, 0.1) is 31.5 Å². The van der Waals surface area contributed by atoms with Crippen molar-refractivity contribution < 1.29 is 27.8 Å². The summed E-state index contributed by atoms with van der Waals surface area (Å²) < 4.78 is 35.4. The molecule has 228 valence electrons. The summed E-state index contributed by atoms with van der Waals surface area (Å²) in [7, 11) is -2.93. The molecule has 0 amide bonds. The van der Waals surface area contributed by atoms with Gasteiger partial charge in [0.2, 0.25) is 0 Å². The van der Waals surface area contributed by atoms with Gasteiger partial charge >= 0.3 is 5.97 Å². The van der Waals surface area contributed by atoms with E-state index in [1.165, 1.54) is 11.1 Å². The number of carboxylic acids is 1. The Hall–Kier alpha value is -2.64. The van der Waals surface area contributed by atoms with Gasteiger partial charge in [0.1, 0.15) is 15.6 Å². The Labute approximate surface area is 248 Å². The zero-order valence-corrected chi connectivity index (χ0v) is 26.2. The summed E-state index contributed by atoms with van der Waals surface area (Å²) in [6.45, 7) is 8.98. The number of hydrogen-bond acceptors (Lipinski definition) is 5. The van der Waals surface area contributed by atoms with Crippen LogP contribution in [0.2, 0.25) is 0 Å². The first kappa shape index (κ1) is 34.6. The van der Waals surface area contributed by atoms with Gasteiger partial charge in [-0.1, -0.05) is 69.4 Å². The molecule has 0 bridgehead atoms. The molecule has 0 fully saturated rings. The molecule has 0 aromatic heterocycles. The van der Waals surface area contributed by atoms with Gasteiger partial charge in [-0.15, -0.1) is 0 Å². The molecule has 6 nitrogen and oxygen atoms in total. The molecule has 1 aromatic rings. The summed E-state index contributed by atoms with van der Waals surface area (Å²) in [6.07, 6.45) is 20.9. The molecular formula is C34H50O6S. The van der Waals surface area contributed by atoms with Crippen LogP contribution in [0.1, 0.15) is 83.8 Å². The van der Waals surface area contributed by atoms with E-state index in [2.05, 4.69) is 62.4 Å². The SMILES string of the molecule is C/C=C/CCCc1cc(OCCCCS(=O)(=O)CC)ccc1/C=C/CCOC1C=CC(C(CC(=O)O)C(C)C)=CC1. The second-order valence-electron chi connectivity index (χ2n) is 11.0. The quantitative estimate of drug-likeness (QED) is 0.125. The minimum absolute atomic E-state index is 0.0190. The van der Waals surface area contributed by atoms with E-state index >= 15 is 0 Å². The van der Waals surface area contributed by atoms with Crippen molar-refractivity contribution in [3.63, 3.8) is 0 Å². The molecule has 0 saturated heterocycles. The average molecular weight is 587 g/mol. The lowest BCUT2D eigenvalue weighted by molar-refractivity contribution is -0.138. The Kier molecular flexibility index (Phi) is 15.8. The van der Waals surface area contributed by atoms with Gasteiger partial charge in [0, 0.05) is 5.75 Å². The highest BCUT2D eigenvalue weighted by Crippen LogP contribution is 2.29. The number of carboxylic acid groups (broad SMARTS) is 1. The molecule has 1 aliphatic carbocycles. The van der Waals surface area contributed by atoms with Crippen LogP contribution in [0, 0.1) is 11.8 Å². The number of ether oxygens (including phenoxy) is 2. The third-order valence-electron chi connectivity index (χ3n) is 7.36. The van der Waals surface area contributed by atoms with Gasteiger partial charge in [-0.05, 0) is 92.5 Å². The Balaban J connectivity index is 1.87. The van der Waals surface area contributed by atoms with Crippen molar-refractivity contribution in [1.82, 2.24) is 0 Å². The van der Waals surface area contributed by atoms with Gasteiger partial charge in [-0.2, -0.15) is 0 Å². The van der Waals surface area contributed by atoms with Crippen molar-refractivity contribution in [3.8, 4) is 5.75 Å². The molecule has 41 heavy (non-hydrogen) atoms. The van der Waals surface area contributed by atoms with Crippen molar-refractivity contribution in [1.29, 1.82) is 0 Å². The van der Waals surface area contributed by atoms with E-state index < -0.39 is 15.8 Å². The largest absolute Gasteiger partial charge is 0.494 e. The van der Waals surface area contributed by atoms with Crippen molar-refractivity contribution >= 4 is 21.9 Å². The summed E-state index contributed by atoms with van der Waals surface area (Å²) in [5, 5.41) is 9.23. The van der Waals surface area contributed by atoms with Crippen molar-refractivity contribution in [2.75, 3.05) is 24.7 Å². The highest BCUT2D eigenvalue weighted by Gasteiger charge is 2.22. The molecule has 2 atom stereocenters. The Morgan fingerprint density at radius 3 is 2.59 bits per heavy atom. The van der Waals surface area contributed by atoms with Crippen molar-refractivity contribution in [2.45, 2.75) is 85.2 Å². The molecule has 2 rings (SSSR count). The fourth-order valence-electron chi connectivity index (χ4n) is 4.83. The van der Waals surface area contributed by atoms with E-state index in [1.807, 2.05) is 19.1 Å². The molecule has 7 heteroatoms. The zero-order chi connectivity index (χ0) is 30.1. The van der Waals surface area contributed by atoms with Crippen molar-refractivity contribution in [2.24, 2.45) is 11.8 Å². The Bertz CT molecular complexity index is 1160. The first-order chi connectivity index (χ1) is 19.6. The average Bonchev–Trinajstić information content (AvgIpc) is 2.94. The normalized spacial score (nSPS) is 16.5. The molecule has 2 unspecified atom stereocenters. The maximum absolute atomic E-state index is 11.7. The number of hydrogen-bond donors (Lipinski definition) is 1. The van der Waals surface area contributed by atoms with Crippen LogP contribution < -0.4 is 4.74 Å². The second kappa shape index (κ2) is 18.7. The van der Waals surface area contributed by atoms with Gasteiger partial charge in [-0.25, -0.2) is 8.42 Å². The lowest BCUT2D eigenvalue weighted by atomic mass is 9.83. The van der Waals surface area contributed by atoms with Crippen LogP contribution in [0.3, 0.4) is 0 Å². The minimum atomic E-state index is -2.93. The van der Waals surface area contributed by atoms with Crippen LogP contribution in [0.25, 0.3) is 6.08 Å². The highest BCUT2D eigenvalue weighted by molar-refractivity contribution is 7.91. The minimum Gasteiger partial charge on any atom is -0.494 e. The lowest BCUT2D eigenvalue weighted by Gasteiger charge is -2.24. The second-order valence-corrected chi connectivity index (χ2v) is 13.4. The number of aryl methyl sites for hydroxylation is 1. The van der Waals surface area contributed by atoms with Gasteiger partial charge < -0.3 is 14.6 Å². The summed E-state index contributed by atoms with van der Waals surface area (Å²) >= 11 is 0. The van der Waals surface area contributed by atoms with Crippen LogP contribution in [0.15, 0.2) is 60.2 Å². The lowest BCUT2D eigenvalue weighted by Crippen LogP contribution is -2.19. The standard InChI is InChI=1S/C34H50O6S/c1-5-7-8-9-15-30-25-32(40-23-12-13-24-41(37,38)6-2)21-16-28(30)14-10-11-22-39-31-19-17-29(18-20-31)33(27(3)4)26-34(35)36/h5,7,10,14,16-19,21,25,27,31,33H,6,8-9,11-13,15,20,22-24,26H2,1-4H3,(H,35,36)/b7-5+,14-10+. The molecule has 0 radical (unpaired) electrons. The molecule has 0 spiro atoms. The van der Waals surface area contributed by atoms with Crippen LogP contribution >= 0.6 is 0 Å². The Morgan fingerprint density at radius 1 is 1.12 bits per heavy atom. The monoisotopic (exact) mass is 586 g/mol. The summed E-state index contributed by atoms with van der Waals surface area (Å²) in [5.74, 6) is 0.775. The molecule has 1 aliphatic rings.